The highest BCUT2D eigenvalue weighted by Crippen LogP contribution is 2.20. The van der Waals surface area contributed by atoms with E-state index in [1.807, 2.05) is 15.9 Å². The Balaban J connectivity index is 1.49. The van der Waals surface area contributed by atoms with Crippen LogP contribution in [-0.4, -0.2) is 80.3 Å². The Kier molecular flexibility index (Phi) is 5.58. The number of piperazine rings is 1. The van der Waals surface area contributed by atoms with Crippen molar-refractivity contribution in [3.63, 3.8) is 0 Å². The molecule has 2 heterocycles. The molecule has 6 nitrogen and oxygen atoms in total. The van der Waals surface area contributed by atoms with Crippen molar-refractivity contribution in [3.05, 3.63) is 29.3 Å². The van der Waals surface area contributed by atoms with Gasteiger partial charge in [0.2, 0.25) is 0 Å². The van der Waals surface area contributed by atoms with Crippen LogP contribution in [0.5, 0.6) is 5.75 Å². The number of nitrogens with zero attached hydrogens (tertiary/aromatic N) is 3. The van der Waals surface area contributed by atoms with Crippen LogP contribution < -0.4 is 4.74 Å². The lowest BCUT2D eigenvalue weighted by Crippen LogP contribution is -2.54. The highest BCUT2D eigenvalue weighted by molar-refractivity contribution is 5.74. The van der Waals surface area contributed by atoms with Gasteiger partial charge < -0.3 is 19.3 Å². The minimum atomic E-state index is 0.165. The molecule has 6 heteroatoms. The summed E-state index contributed by atoms with van der Waals surface area (Å²) in [6.07, 6.45) is 0. The molecule has 2 saturated heterocycles. The minimum absolute atomic E-state index is 0.165. The minimum Gasteiger partial charge on any atom is -0.496 e. The third-order valence-corrected chi connectivity index (χ3v) is 4.79. The maximum atomic E-state index is 12.5. The molecule has 0 atom stereocenters. The molecule has 132 valence electrons. The number of carbonyl (C=O) groups excluding carboxylic acids is 1. The van der Waals surface area contributed by atoms with Crippen LogP contribution in [0.3, 0.4) is 0 Å². The van der Waals surface area contributed by atoms with E-state index in [4.69, 9.17) is 9.47 Å². The van der Waals surface area contributed by atoms with Crippen molar-refractivity contribution < 1.29 is 14.3 Å². The monoisotopic (exact) mass is 333 g/mol. The average Bonchev–Trinajstić information content (AvgIpc) is 2.63. The van der Waals surface area contributed by atoms with Gasteiger partial charge in [0.05, 0.1) is 20.3 Å². The van der Waals surface area contributed by atoms with Gasteiger partial charge in [0, 0.05) is 45.8 Å². The van der Waals surface area contributed by atoms with Crippen LogP contribution in [0.1, 0.15) is 11.1 Å². The molecule has 0 radical (unpaired) electrons. The Hall–Kier alpha value is -1.79. The molecule has 0 bridgehead atoms. The molecule has 0 aliphatic carbocycles. The topological polar surface area (TPSA) is 45.2 Å². The van der Waals surface area contributed by atoms with Gasteiger partial charge in [-0.2, -0.15) is 0 Å². The summed E-state index contributed by atoms with van der Waals surface area (Å²) in [4.78, 5) is 18.8. The largest absolute Gasteiger partial charge is 0.496 e. The number of benzene rings is 1. The first-order chi connectivity index (χ1) is 11.7. The van der Waals surface area contributed by atoms with Gasteiger partial charge in [-0.05, 0) is 24.1 Å². The zero-order valence-corrected chi connectivity index (χ0v) is 14.7. The van der Waals surface area contributed by atoms with E-state index in [-0.39, 0.29) is 6.03 Å². The molecule has 1 aromatic rings. The second kappa shape index (κ2) is 7.85. The summed E-state index contributed by atoms with van der Waals surface area (Å²) in [5.74, 6) is 0.930. The summed E-state index contributed by atoms with van der Waals surface area (Å²) in [7, 11) is 1.70. The Labute approximate surface area is 143 Å². The number of hydrogen-bond donors (Lipinski definition) is 0. The van der Waals surface area contributed by atoms with Crippen LogP contribution >= 0.6 is 0 Å². The zero-order chi connectivity index (χ0) is 16.9. The first kappa shape index (κ1) is 17.0. The lowest BCUT2D eigenvalue weighted by atomic mass is 10.1. The molecule has 1 aromatic carbocycles. The molecule has 3 rings (SSSR count). The number of methoxy groups -OCH3 is 1. The maximum Gasteiger partial charge on any atom is 0.320 e. The van der Waals surface area contributed by atoms with Crippen molar-refractivity contribution in [3.8, 4) is 5.75 Å². The summed E-state index contributed by atoms with van der Waals surface area (Å²) in [5, 5.41) is 0. The van der Waals surface area contributed by atoms with Crippen LogP contribution in [0.2, 0.25) is 0 Å². The average molecular weight is 333 g/mol. The van der Waals surface area contributed by atoms with Gasteiger partial charge in [-0.1, -0.05) is 12.1 Å². The van der Waals surface area contributed by atoms with Gasteiger partial charge in [0.15, 0.2) is 0 Å². The predicted octanol–water partition coefficient (Wildman–Crippen LogP) is 1.57. The van der Waals surface area contributed by atoms with Crippen molar-refractivity contribution in [2.45, 2.75) is 13.5 Å². The van der Waals surface area contributed by atoms with E-state index < -0.39 is 0 Å². The van der Waals surface area contributed by atoms with Crippen molar-refractivity contribution in [1.82, 2.24) is 14.7 Å². The second-order valence-corrected chi connectivity index (χ2v) is 6.45. The van der Waals surface area contributed by atoms with E-state index in [1.54, 1.807) is 7.11 Å². The van der Waals surface area contributed by atoms with Crippen LogP contribution in [0.4, 0.5) is 4.79 Å². The van der Waals surface area contributed by atoms with Crippen molar-refractivity contribution in [2.75, 3.05) is 59.6 Å². The van der Waals surface area contributed by atoms with E-state index in [0.29, 0.717) is 26.3 Å². The van der Waals surface area contributed by atoms with Gasteiger partial charge >= 0.3 is 6.03 Å². The third-order valence-electron chi connectivity index (χ3n) is 4.79. The lowest BCUT2D eigenvalue weighted by molar-refractivity contribution is 0.0373. The number of amides is 2. The first-order valence-corrected chi connectivity index (χ1v) is 8.65. The third kappa shape index (κ3) is 3.99. The van der Waals surface area contributed by atoms with Crippen LogP contribution in [0.15, 0.2) is 18.2 Å². The van der Waals surface area contributed by atoms with E-state index in [9.17, 15) is 4.79 Å². The van der Waals surface area contributed by atoms with Gasteiger partial charge in [-0.15, -0.1) is 0 Å². The van der Waals surface area contributed by atoms with Gasteiger partial charge in [0.1, 0.15) is 5.75 Å². The molecule has 2 amide bonds. The van der Waals surface area contributed by atoms with Crippen molar-refractivity contribution >= 4 is 6.03 Å². The molecule has 2 fully saturated rings. The van der Waals surface area contributed by atoms with Gasteiger partial charge in [0.25, 0.3) is 0 Å². The highest BCUT2D eigenvalue weighted by Gasteiger charge is 2.26. The fourth-order valence-corrected chi connectivity index (χ4v) is 3.35. The standard InChI is InChI=1S/C18H27N3O3/c1-15-13-16(3-4-17(15)23-2)14-19-5-7-20(8-6-19)18(22)21-9-11-24-12-10-21/h3-4,13H,5-12,14H2,1-2H3. The van der Waals surface area contributed by atoms with Gasteiger partial charge in [-0.3, -0.25) is 4.90 Å². The quantitative estimate of drug-likeness (QED) is 0.842. The Morgan fingerprint density at radius 3 is 2.38 bits per heavy atom. The molecular formula is C18H27N3O3. The van der Waals surface area contributed by atoms with E-state index >= 15 is 0 Å². The smallest absolute Gasteiger partial charge is 0.320 e. The zero-order valence-electron chi connectivity index (χ0n) is 14.7. The van der Waals surface area contributed by atoms with E-state index in [2.05, 4.69) is 24.0 Å². The molecular weight excluding hydrogens is 306 g/mol. The number of aryl methyl sites for hydroxylation is 1. The number of rotatable bonds is 3. The molecule has 0 saturated carbocycles. The maximum absolute atomic E-state index is 12.5. The predicted molar refractivity (Wildman–Crippen MR) is 92.4 cm³/mol. The second-order valence-electron chi connectivity index (χ2n) is 6.45. The molecule has 2 aliphatic heterocycles. The van der Waals surface area contributed by atoms with Crippen molar-refractivity contribution in [2.24, 2.45) is 0 Å². The SMILES string of the molecule is COc1ccc(CN2CCN(C(=O)N3CCOCC3)CC2)cc1C. The molecule has 0 N–H and O–H groups in total. The molecule has 0 aromatic heterocycles. The Morgan fingerprint density at radius 2 is 1.75 bits per heavy atom. The fourth-order valence-electron chi connectivity index (χ4n) is 3.35. The number of carbonyl (C=O) groups is 1. The number of urea groups is 1. The normalized spacial score (nSPS) is 19.4. The first-order valence-electron chi connectivity index (χ1n) is 8.65. The number of morpholine rings is 1. The molecule has 0 unspecified atom stereocenters. The highest BCUT2D eigenvalue weighted by atomic mass is 16.5. The Morgan fingerprint density at radius 1 is 1.08 bits per heavy atom. The van der Waals surface area contributed by atoms with E-state index in [1.165, 1.54) is 5.56 Å². The lowest BCUT2D eigenvalue weighted by Gasteiger charge is -2.38. The molecule has 0 spiro atoms. The van der Waals surface area contributed by atoms with Crippen LogP contribution in [0.25, 0.3) is 0 Å². The van der Waals surface area contributed by atoms with Gasteiger partial charge in [-0.25, -0.2) is 4.79 Å². The summed E-state index contributed by atoms with van der Waals surface area (Å²) in [5.41, 5.74) is 2.46. The van der Waals surface area contributed by atoms with E-state index in [0.717, 1.165) is 44.0 Å². The summed E-state index contributed by atoms with van der Waals surface area (Å²) >= 11 is 0. The number of hydrogen-bond acceptors (Lipinski definition) is 4. The summed E-state index contributed by atoms with van der Waals surface area (Å²) in [6.45, 7) is 9.16. The Bertz CT molecular complexity index is 565. The molecule has 24 heavy (non-hydrogen) atoms. The van der Waals surface area contributed by atoms with Crippen molar-refractivity contribution in [1.29, 1.82) is 0 Å². The van der Waals surface area contributed by atoms with Crippen LogP contribution in [-0.2, 0) is 11.3 Å². The summed E-state index contributed by atoms with van der Waals surface area (Å²) < 4.78 is 10.6. The number of ether oxygens (including phenoxy) is 2. The fraction of sp³-hybridized carbons (Fsp3) is 0.611. The van der Waals surface area contributed by atoms with Crippen LogP contribution in [0, 0.1) is 6.92 Å². The molecule has 2 aliphatic rings. The summed E-state index contributed by atoms with van der Waals surface area (Å²) in [6, 6.07) is 6.50.